The van der Waals surface area contributed by atoms with Crippen LogP contribution >= 0.6 is 0 Å². The number of rotatable bonds is 2. The first-order valence-electron chi connectivity index (χ1n) is 5.31. The van der Waals surface area contributed by atoms with Gasteiger partial charge in [0, 0.05) is 17.3 Å². The molecule has 2 rings (SSSR count). The first-order chi connectivity index (χ1) is 8.09. The second-order valence-electron chi connectivity index (χ2n) is 3.98. The zero-order valence-corrected chi connectivity index (χ0v) is 9.52. The highest BCUT2D eigenvalue weighted by Crippen LogP contribution is 2.25. The third-order valence-electron chi connectivity index (χ3n) is 2.69. The lowest BCUT2D eigenvalue weighted by molar-refractivity contribution is 0.599. The molecule has 4 heteroatoms. The summed E-state index contributed by atoms with van der Waals surface area (Å²) in [5.41, 5.74) is 13.8. The molecule has 88 valence electrons. The molecule has 0 spiro atoms. The molecular weight excluding hydrogens is 217 g/mol. The number of pyridine rings is 1. The topological polar surface area (TPSA) is 64.9 Å². The van der Waals surface area contributed by atoms with Crippen LogP contribution in [0.2, 0.25) is 0 Å². The Balaban J connectivity index is 2.47. The molecule has 4 N–H and O–H groups in total. The number of nitrogens with zero attached hydrogens (tertiary/aromatic N) is 1. The summed E-state index contributed by atoms with van der Waals surface area (Å²) in [5.74, 6) is 0.00672. The van der Waals surface area contributed by atoms with Gasteiger partial charge in [-0.15, -0.1) is 0 Å². The lowest BCUT2D eigenvalue weighted by Crippen LogP contribution is -2.16. The fourth-order valence-electron chi connectivity index (χ4n) is 1.76. The lowest BCUT2D eigenvalue weighted by atomic mass is 9.98. The Labute approximate surface area is 99.3 Å². The second kappa shape index (κ2) is 4.51. The van der Waals surface area contributed by atoms with Gasteiger partial charge in [0.25, 0.3) is 0 Å². The maximum atomic E-state index is 13.7. The van der Waals surface area contributed by atoms with Crippen LogP contribution in [0.25, 0.3) is 0 Å². The summed E-state index contributed by atoms with van der Waals surface area (Å²) in [5, 5.41) is 0. The zero-order valence-electron chi connectivity index (χ0n) is 9.52. The molecule has 1 heterocycles. The predicted octanol–water partition coefficient (Wildman–Crippen LogP) is 2.16. The molecular formula is C13H14FN3. The van der Waals surface area contributed by atoms with Gasteiger partial charge >= 0.3 is 0 Å². The molecule has 3 nitrogen and oxygen atoms in total. The number of nitrogen functional groups attached to an aromatic ring is 1. The third-order valence-corrected chi connectivity index (χ3v) is 2.69. The van der Waals surface area contributed by atoms with Crippen molar-refractivity contribution in [3.63, 3.8) is 0 Å². The van der Waals surface area contributed by atoms with Crippen LogP contribution in [0, 0.1) is 12.7 Å². The van der Waals surface area contributed by atoms with Crippen LogP contribution in [0.5, 0.6) is 0 Å². The van der Waals surface area contributed by atoms with Gasteiger partial charge in [0.2, 0.25) is 0 Å². The van der Waals surface area contributed by atoms with Gasteiger partial charge in [-0.2, -0.15) is 0 Å². The fraction of sp³-hybridized carbons (Fsp3) is 0.154. The molecule has 0 radical (unpaired) electrons. The van der Waals surface area contributed by atoms with E-state index in [9.17, 15) is 4.39 Å². The first-order valence-corrected chi connectivity index (χ1v) is 5.31. The molecule has 2 aromatic rings. The van der Waals surface area contributed by atoms with Gasteiger partial charge in [-0.1, -0.05) is 23.8 Å². The van der Waals surface area contributed by atoms with Crippen molar-refractivity contribution in [2.24, 2.45) is 5.73 Å². The highest BCUT2D eigenvalue weighted by molar-refractivity contribution is 5.46. The molecule has 0 saturated heterocycles. The van der Waals surface area contributed by atoms with Crippen molar-refractivity contribution in [3.05, 3.63) is 59.0 Å². The average molecular weight is 231 g/mol. The van der Waals surface area contributed by atoms with Gasteiger partial charge in [-0.05, 0) is 19.1 Å². The lowest BCUT2D eigenvalue weighted by Gasteiger charge is -2.15. The van der Waals surface area contributed by atoms with E-state index in [4.69, 9.17) is 11.5 Å². The Morgan fingerprint density at radius 3 is 2.71 bits per heavy atom. The fourth-order valence-corrected chi connectivity index (χ4v) is 1.76. The van der Waals surface area contributed by atoms with Crippen molar-refractivity contribution in [2.75, 3.05) is 5.73 Å². The van der Waals surface area contributed by atoms with Crippen molar-refractivity contribution in [2.45, 2.75) is 13.0 Å². The van der Waals surface area contributed by atoms with Gasteiger partial charge in [-0.25, -0.2) is 9.37 Å². The van der Waals surface area contributed by atoms with Crippen molar-refractivity contribution < 1.29 is 4.39 Å². The van der Waals surface area contributed by atoms with E-state index in [-0.39, 0.29) is 5.82 Å². The molecule has 0 bridgehead atoms. The standard InChI is InChI=1S/C13H14FN3/c1-8-4-5-11(14)10(7-8)12(15)9-3-2-6-17-13(9)16/h2-7,12H,15H2,1H3,(H2,16,17). The van der Waals surface area contributed by atoms with E-state index < -0.39 is 6.04 Å². The number of aryl methyl sites for hydroxylation is 1. The molecule has 0 fully saturated rings. The minimum atomic E-state index is -0.594. The van der Waals surface area contributed by atoms with Gasteiger partial charge < -0.3 is 11.5 Å². The van der Waals surface area contributed by atoms with Gasteiger partial charge in [-0.3, -0.25) is 0 Å². The van der Waals surface area contributed by atoms with Crippen LogP contribution in [0.4, 0.5) is 10.2 Å². The number of hydrogen-bond donors (Lipinski definition) is 2. The van der Waals surface area contributed by atoms with Gasteiger partial charge in [0.05, 0.1) is 6.04 Å². The molecule has 1 atom stereocenters. The Bertz CT molecular complexity index is 540. The Morgan fingerprint density at radius 2 is 2.00 bits per heavy atom. The van der Waals surface area contributed by atoms with E-state index in [0.717, 1.165) is 5.56 Å². The molecule has 0 aliphatic rings. The first kappa shape index (κ1) is 11.5. The maximum Gasteiger partial charge on any atom is 0.128 e. The molecule has 1 aromatic heterocycles. The smallest absolute Gasteiger partial charge is 0.128 e. The largest absolute Gasteiger partial charge is 0.383 e. The summed E-state index contributed by atoms with van der Waals surface area (Å²) >= 11 is 0. The maximum absolute atomic E-state index is 13.7. The van der Waals surface area contributed by atoms with Crippen LogP contribution in [-0.4, -0.2) is 4.98 Å². The molecule has 0 amide bonds. The van der Waals surface area contributed by atoms with Crippen molar-refractivity contribution in [1.29, 1.82) is 0 Å². The summed E-state index contributed by atoms with van der Waals surface area (Å²) in [4.78, 5) is 3.95. The highest BCUT2D eigenvalue weighted by atomic mass is 19.1. The summed E-state index contributed by atoms with van der Waals surface area (Å²) in [6.45, 7) is 1.89. The summed E-state index contributed by atoms with van der Waals surface area (Å²) in [6.07, 6.45) is 1.58. The van der Waals surface area contributed by atoms with E-state index in [1.165, 1.54) is 6.07 Å². The molecule has 0 aliphatic carbocycles. The van der Waals surface area contributed by atoms with E-state index in [1.54, 1.807) is 30.5 Å². The van der Waals surface area contributed by atoms with Gasteiger partial charge in [0.15, 0.2) is 0 Å². The van der Waals surface area contributed by atoms with E-state index in [2.05, 4.69) is 4.98 Å². The zero-order chi connectivity index (χ0) is 12.4. The van der Waals surface area contributed by atoms with E-state index in [1.807, 2.05) is 6.92 Å². The van der Waals surface area contributed by atoms with Crippen LogP contribution in [0.3, 0.4) is 0 Å². The van der Waals surface area contributed by atoms with Crippen molar-refractivity contribution >= 4 is 5.82 Å². The van der Waals surface area contributed by atoms with Gasteiger partial charge in [0.1, 0.15) is 11.6 Å². The summed E-state index contributed by atoms with van der Waals surface area (Å²) in [7, 11) is 0. The van der Waals surface area contributed by atoms with E-state index in [0.29, 0.717) is 16.9 Å². The third kappa shape index (κ3) is 2.26. The van der Waals surface area contributed by atoms with Crippen LogP contribution in [0.15, 0.2) is 36.5 Å². The van der Waals surface area contributed by atoms with Crippen molar-refractivity contribution in [1.82, 2.24) is 4.98 Å². The minimum absolute atomic E-state index is 0.327. The second-order valence-corrected chi connectivity index (χ2v) is 3.98. The Kier molecular flexibility index (Phi) is 3.06. The molecule has 17 heavy (non-hydrogen) atoms. The SMILES string of the molecule is Cc1ccc(F)c(C(N)c2cccnc2N)c1. The number of aromatic nitrogens is 1. The number of benzene rings is 1. The predicted molar refractivity (Wildman–Crippen MR) is 65.8 cm³/mol. The summed E-state index contributed by atoms with van der Waals surface area (Å²) < 4.78 is 13.7. The minimum Gasteiger partial charge on any atom is -0.383 e. The Morgan fingerprint density at radius 1 is 1.24 bits per heavy atom. The quantitative estimate of drug-likeness (QED) is 0.832. The number of anilines is 1. The monoisotopic (exact) mass is 231 g/mol. The number of halogens is 1. The molecule has 0 aliphatic heterocycles. The molecule has 0 saturated carbocycles. The molecule has 1 aromatic carbocycles. The van der Waals surface area contributed by atoms with Crippen LogP contribution < -0.4 is 11.5 Å². The van der Waals surface area contributed by atoms with Crippen LogP contribution in [-0.2, 0) is 0 Å². The van der Waals surface area contributed by atoms with Crippen LogP contribution in [0.1, 0.15) is 22.7 Å². The van der Waals surface area contributed by atoms with E-state index >= 15 is 0 Å². The molecule has 1 unspecified atom stereocenters. The average Bonchev–Trinajstić information content (AvgIpc) is 2.32. The van der Waals surface area contributed by atoms with Crippen molar-refractivity contribution in [3.8, 4) is 0 Å². The number of nitrogens with two attached hydrogens (primary N) is 2. The normalized spacial score (nSPS) is 12.4. The summed E-state index contributed by atoms with van der Waals surface area (Å²) in [6, 6.07) is 7.75. The Hall–Kier alpha value is -1.94. The highest BCUT2D eigenvalue weighted by Gasteiger charge is 2.16. The number of hydrogen-bond acceptors (Lipinski definition) is 3.